The smallest absolute Gasteiger partial charge is 0.407 e. The molecule has 172 valence electrons. The minimum atomic E-state index is -0.374. The Morgan fingerprint density at radius 1 is 1.19 bits per heavy atom. The molecule has 0 aliphatic heterocycles. The number of aromatic nitrogens is 3. The van der Waals surface area contributed by atoms with Crippen LogP contribution in [-0.2, 0) is 16.0 Å². The first-order chi connectivity index (χ1) is 15.4. The summed E-state index contributed by atoms with van der Waals surface area (Å²) in [5.74, 6) is 0.573. The molecule has 9 nitrogen and oxygen atoms in total. The van der Waals surface area contributed by atoms with Crippen LogP contribution >= 0.6 is 0 Å². The molecule has 2 amide bonds. The molecule has 2 aliphatic rings. The van der Waals surface area contributed by atoms with E-state index in [0.717, 1.165) is 61.9 Å². The number of aryl methyl sites for hydroxylation is 1. The van der Waals surface area contributed by atoms with Gasteiger partial charge in [0.25, 0.3) is 0 Å². The molecule has 2 saturated carbocycles. The number of carbonyl (C=O) groups excluding carboxylic acids is 2. The van der Waals surface area contributed by atoms with Crippen LogP contribution in [-0.4, -0.2) is 50.5 Å². The van der Waals surface area contributed by atoms with Crippen molar-refractivity contribution in [3.8, 4) is 0 Å². The number of amides is 2. The number of rotatable bonds is 6. The molecule has 0 bridgehead atoms. The molecule has 2 aromatic rings. The van der Waals surface area contributed by atoms with E-state index in [2.05, 4.69) is 25.8 Å². The van der Waals surface area contributed by atoms with Gasteiger partial charge >= 0.3 is 6.09 Å². The van der Waals surface area contributed by atoms with Gasteiger partial charge in [-0.1, -0.05) is 0 Å². The lowest BCUT2D eigenvalue weighted by Crippen LogP contribution is -2.40. The van der Waals surface area contributed by atoms with Gasteiger partial charge in [-0.3, -0.25) is 14.9 Å². The minimum Gasteiger partial charge on any atom is -0.446 e. The molecule has 0 unspecified atom stereocenters. The highest BCUT2D eigenvalue weighted by atomic mass is 16.6. The molecule has 32 heavy (non-hydrogen) atoms. The van der Waals surface area contributed by atoms with Gasteiger partial charge < -0.3 is 20.5 Å². The fourth-order valence-corrected chi connectivity index (χ4v) is 4.60. The average molecular weight is 442 g/mol. The van der Waals surface area contributed by atoms with E-state index >= 15 is 0 Å². The van der Waals surface area contributed by atoms with Crippen molar-refractivity contribution >= 4 is 17.8 Å². The van der Waals surface area contributed by atoms with E-state index in [1.54, 1.807) is 6.20 Å². The Hall–Kier alpha value is -2.94. The second-order valence-electron chi connectivity index (χ2n) is 8.93. The monoisotopic (exact) mass is 441 g/mol. The van der Waals surface area contributed by atoms with Crippen molar-refractivity contribution in [3.05, 3.63) is 41.3 Å². The normalized spacial score (nSPS) is 25.3. The molecule has 0 spiro atoms. The van der Waals surface area contributed by atoms with Crippen LogP contribution in [0.2, 0.25) is 0 Å². The van der Waals surface area contributed by atoms with Crippen LogP contribution in [0.5, 0.6) is 0 Å². The third kappa shape index (κ3) is 6.06. The number of carbonyl (C=O) groups is 2. The largest absolute Gasteiger partial charge is 0.446 e. The van der Waals surface area contributed by atoms with Crippen LogP contribution in [0.4, 0.5) is 10.6 Å². The lowest BCUT2D eigenvalue weighted by molar-refractivity contribution is -0.115. The van der Waals surface area contributed by atoms with Gasteiger partial charge in [-0.15, -0.1) is 0 Å². The molecule has 2 heterocycles. The Kier molecular flexibility index (Phi) is 7.04. The highest BCUT2D eigenvalue weighted by Crippen LogP contribution is 2.36. The van der Waals surface area contributed by atoms with Crippen LogP contribution in [0.1, 0.15) is 67.8 Å². The lowest BCUT2D eigenvalue weighted by atomic mass is 9.93. The van der Waals surface area contributed by atoms with Crippen molar-refractivity contribution in [2.45, 2.75) is 82.5 Å². The van der Waals surface area contributed by atoms with Crippen LogP contribution in [0.15, 0.2) is 24.4 Å². The van der Waals surface area contributed by atoms with Gasteiger partial charge in [-0.05, 0) is 69.6 Å². The number of anilines is 1. The fourth-order valence-electron chi connectivity index (χ4n) is 4.60. The van der Waals surface area contributed by atoms with Crippen molar-refractivity contribution in [1.29, 1.82) is 0 Å². The van der Waals surface area contributed by atoms with Gasteiger partial charge in [-0.25, -0.2) is 4.79 Å². The number of pyridine rings is 1. The van der Waals surface area contributed by atoms with Crippen molar-refractivity contribution in [2.75, 3.05) is 5.32 Å². The Morgan fingerprint density at radius 3 is 2.78 bits per heavy atom. The first kappa shape index (κ1) is 22.3. The molecule has 2 aliphatic carbocycles. The summed E-state index contributed by atoms with van der Waals surface area (Å²) in [6.07, 6.45) is 6.62. The summed E-state index contributed by atoms with van der Waals surface area (Å²) in [6.45, 7) is 1.89. The third-order valence-electron chi connectivity index (χ3n) is 6.31. The summed E-state index contributed by atoms with van der Waals surface area (Å²) in [6, 6.07) is 5.66. The van der Waals surface area contributed by atoms with Gasteiger partial charge in [0.2, 0.25) is 5.91 Å². The quantitative estimate of drug-likeness (QED) is 0.545. The van der Waals surface area contributed by atoms with Crippen molar-refractivity contribution < 1.29 is 19.4 Å². The zero-order valence-electron chi connectivity index (χ0n) is 18.3. The highest BCUT2D eigenvalue weighted by molar-refractivity contribution is 5.91. The Labute approximate surface area is 187 Å². The Balaban J connectivity index is 1.22. The standard InChI is InChI=1S/C23H31N5O4/c1-14-10-15(8-9-24-14)11-22(30)26-21-13-20(27-28-21)16-2-7-19(12-16)32-23(31)25-17-3-5-18(29)6-4-17/h8-10,13,16-19,29H,2-7,11-12H2,1H3,(H,25,31)(H2,26,27,28,30)/t16-,17?,18?,19+/m1/s1. The fraction of sp³-hybridized carbons (Fsp3) is 0.565. The van der Waals surface area contributed by atoms with E-state index in [1.165, 1.54) is 0 Å². The second-order valence-corrected chi connectivity index (χ2v) is 8.93. The molecular formula is C23H31N5O4. The minimum absolute atomic E-state index is 0.0814. The summed E-state index contributed by atoms with van der Waals surface area (Å²) in [5, 5.41) is 22.6. The zero-order chi connectivity index (χ0) is 22.5. The number of nitrogens with zero attached hydrogens (tertiary/aromatic N) is 2. The predicted molar refractivity (Wildman–Crippen MR) is 118 cm³/mol. The second kappa shape index (κ2) is 10.1. The van der Waals surface area contributed by atoms with E-state index in [9.17, 15) is 14.7 Å². The van der Waals surface area contributed by atoms with Gasteiger partial charge in [0.15, 0.2) is 5.82 Å². The Bertz CT molecular complexity index is 938. The summed E-state index contributed by atoms with van der Waals surface area (Å²) in [7, 11) is 0. The molecule has 2 atom stereocenters. The summed E-state index contributed by atoms with van der Waals surface area (Å²) >= 11 is 0. The first-order valence-corrected chi connectivity index (χ1v) is 11.4. The summed E-state index contributed by atoms with van der Waals surface area (Å²) < 4.78 is 5.62. The van der Waals surface area contributed by atoms with Crippen LogP contribution in [0.3, 0.4) is 0 Å². The summed E-state index contributed by atoms with van der Waals surface area (Å²) in [5.41, 5.74) is 2.72. The van der Waals surface area contributed by atoms with Crippen LogP contribution in [0, 0.1) is 6.92 Å². The first-order valence-electron chi connectivity index (χ1n) is 11.4. The average Bonchev–Trinajstić information content (AvgIpc) is 3.39. The molecule has 0 radical (unpaired) electrons. The molecule has 0 saturated heterocycles. The molecule has 9 heteroatoms. The zero-order valence-corrected chi connectivity index (χ0v) is 18.3. The number of aliphatic hydroxyl groups is 1. The molecular weight excluding hydrogens is 410 g/mol. The topological polar surface area (TPSA) is 129 Å². The SMILES string of the molecule is Cc1cc(CC(=O)Nc2cc([C@@H]3CC[C@H](OC(=O)NC4CCC(O)CC4)C3)[nH]n2)ccn1. The maximum atomic E-state index is 12.3. The van der Waals surface area contributed by atoms with Crippen LogP contribution in [0.25, 0.3) is 0 Å². The predicted octanol–water partition coefficient (Wildman–Crippen LogP) is 2.96. The number of alkyl carbamates (subject to hydrolysis) is 1. The Morgan fingerprint density at radius 2 is 2.00 bits per heavy atom. The van der Waals surface area contributed by atoms with Crippen molar-refractivity contribution in [1.82, 2.24) is 20.5 Å². The number of nitrogens with one attached hydrogen (secondary N) is 3. The molecule has 2 fully saturated rings. The molecule has 0 aromatic carbocycles. The number of aromatic amines is 1. The van der Waals surface area contributed by atoms with Crippen molar-refractivity contribution in [2.24, 2.45) is 0 Å². The molecule has 2 aromatic heterocycles. The number of hydrogen-bond acceptors (Lipinski definition) is 6. The molecule has 4 N–H and O–H groups in total. The number of hydrogen-bond donors (Lipinski definition) is 4. The maximum Gasteiger partial charge on any atom is 0.407 e. The lowest BCUT2D eigenvalue weighted by Gasteiger charge is -2.26. The van der Waals surface area contributed by atoms with Crippen LogP contribution < -0.4 is 10.6 Å². The van der Waals surface area contributed by atoms with Gasteiger partial charge in [-0.2, -0.15) is 5.10 Å². The number of H-pyrrole nitrogens is 1. The van der Waals surface area contributed by atoms with E-state index in [1.807, 2.05) is 25.1 Å². The maximum absolute atomic E-state index is 12.3. The van der Waals surface area contributed by atoms with E-state index in [-0.39, 0.29) is 42.6 Å². The summed E-state index contributed by atoms with van der Waals surface area (Å²) in [4.78, 5) is 28.7. The van der Waals surface area contributed by atoms with E-state index < -0.39 is 0 Å². The molecule has 4 rings (SSSR count). The highest BCUT2D eigenvalue weighted by Gasteiger charge is 2.31. The number of aliphatic hydroxyl groups excluding tert-OH is 1. The van der Waals surface area contributed by atoms with Gasteiger partial charge in [0.1, 0.15) is 6.10 Å². The van der Waals surface area contributed by atoms with Gasteiger partial charge in [0.05, 0.1) is 12.5 Å². The van der Waals surface area contributed by atoms with E-state index in [0.29, 0.717) is 5.82 Å². The number of ether oxygens (including phenoxy) is 1. The van der Waals surface area contributed by atoms with Gasteiger partial charge in [0, 0.05) is 35.6 Å². The third-order valence-corrected chi connectivity index (χ3v) is 6.31. The van der Waals surface area contributed by atoms with Crippen molar-refractivity contribution in [3.63, 3.8) is 0 Å². The van der Waals surface area contributed by atoms with E-state index in [4.69, 9.17) is 4.74 Å².